The number of morpholine rings is 1. The summed E-state index contributed by atoms with van der Waals surface area (Å²) in [5, 5.41) is 0. The van der Waals surface area contributed by atoms with Crippen molar-refractivity contribution in [2.24, 2.45) is 5.92 Å². The summed E-state index contributed by atoms with van der Waals surface area (Å²) in [6.45, 7) is -2.24. The van der Waals surface area contributed by atoms with E-state index in [1.807, 2.05) is 30.3 Å². The maximum Gasteiger partial charge on any atom is 0.410 e. The van der Waals surface area contributed by atoms with Crippen molar-refractivity contribution in [1.82, 2.24) is 4.90 Å². The Morgan fingerprint density at radius 2 is 1.65 bits per heavy atom. The molecule has 2 bridgehead atoms. The number of carbonyl (C=O) groups is 2. The molecular formula is C23H23F2NO5. The number of alkyl halides is 2. The molecule has 2 atom stereocenters. The fourth-order valence-corrected chi connectivity index (χ4v) is 4.31. The van der Waals surface area contributed by atoms with Gasteiger partial charge in [0.05, 0.1) is 30.9 Å². The smallest absolute Gasteiger partial charge is 0.410 e. The number of nitrogens with zero attached hydrogens (tertiary/aromatic N) is 1. The Balaban J connectivity index is 1.45. The number of para-hydroxylation sites is 1. The molecular weight excluding hydrogens is 408 g/mol. The molecule has 0 N–H and O–H groups in total. The Labute approximate surface area is 178 Å². The van der Waals surface area contributed by atoms with Crippen LogP contribution in [-0.4, -0.2) is 48.7 Å². The number of rotatable bonds is 6. The maximum absolute atomic E-state index is 13.1. The van der Waals surface area contributed by atoms with Crippen molar-refractivity contribution in [1.29, 1.82) is 0 Å². The molecule has 164 valence electrons. The highest BCUT2D eigenvalue weighted by Crippen LogP contribution is 2.36. The number of Topliss-reactive ketones (excluding diaryl/α,β-unsaturated/α-hetero) is 1. The lowest BCUT2D eigenvalue weighted by Crippen LogP contribution is -2.59. The Hall–Kier alpha value is -3.00. The van der Waals surface area contributed by atoms with Gasteiger partial charge in [0.2, 0.25) is 0 Å². The average molecular weight is 431 g/mol. The van der Waals surface area contributed by atoms with Crippen LogP contribution >= 0.6 is 0 Å². The number of carbonyl (C=O) groups excluding carboxylic acids is 2. The molecule has 8 heteroatoms. The minimum Gasteiger partial charge on any atom is -0.445 e. The lowest BCUT2D eigenvalue weighted by molar-refractivity contribution is -0.0757. The van der Waals surface area contributed by atoms with Gasteiger partial charge in [-0.2, -0.15) is 8.78 Å². The van der Waals surface area contributed by atoms with Gasteiger partial charge in [-0.1, -0.05) is 42.5 Å². The summed E-state index contributed by atoms with van der Waals surface area (Å²) in [6.07, 6.45) is 0.312. The van der Waals surface area contributed by atoms with Crippen LogP contribution in [0.2, 0.25) is 0 Å². The van der Waals surface area contributed by atoms with Gasteiger partial charge in [0.15, 0.2) is 5.78 Å². The Morgan fingerprint density at radius 3 is 2.32 bits per heavy atom. The van der Waals surface area contributed by atoms with Gasteiger partial charge in [-0.25, -0.2) is 4.79 Å². The van der Waals surface area contributed by atoms with E-state index >= 15 is 0 Å². The van der Waals surface area contributed by atoms with Gasteiger partial charge in [0, 0.05) is 5.92 Å². The van der Waals surface area contributed by atoms with Crippen LogP contribution in [0.25, 0.3) is 0 Å². The van der Waals surface area contributed by atoms with Crippen LogP contribution in [0.1, 0.15) is 28.8 Å². The van der Waals surface area contributed by atoms with Crippen molar-refractivity contribution in [2.75, 3.05) is 13.2 Å². The van der Waals surface area contributed by atoms with Gasteiger partial charge in [-0.05, 0) is 30.5 Å². The molecule has 2 aromatic carbocycles. The topological polar surface area (TPSA) is 65.1 Å². The summed E-state index contributed by atoms with van der Waals surface area (Å²) in [6, 6.07) is 14.8. The van der Waals surface area contributed by atoms with E-state index in [9.17, 15) is 18.4 Å². The summed E-state index contributed by atoms with van der Waals surface area (Å²) >= 11 is 0. The summed E-state index contributed by atoms with van der Waals surface area (Å²) in [4.78, 5) is 27.6. The van der Waals surface area contributed by atoms with Crippen molar-refractivity contribution in [3.8, 4) is 5.75 Å². The molecule has 0 aromatic heterocycles. The molecule has 2 aliphatic heterocycles. The molecule has 6 nitrogen and oxygen atoms in total. The molecule has 2 fully saturated rings. The predicted molar refractivity (Wildman–Crippen MR) is 107 cm³/mol. The largest absolute Gasteiger partial charge is 0.445 e. The number of ketones is 1. The van der Waals surface area contributed by atoms with Gasteiger partial charge >= 0.3 is 12.7 Å². The Bertz CT molecular complexity index is 909. The van der Waals surface area contributed by atoms with E-state index in [0.717, 1.165) is 5.56 Å². The standard InChI is InChI=1S/C23H23F2NO5/c24-22(25)31-20-9-5-4-8-19(20)21(27)16-10-17-13-29-14-18(11-16)26(17)23(28)30-12-15-6-2-1-3-7-15/h1-9,16-18,22H,10-14H2. The molecule has 4 rings (SSSR count). The number of hydrogen-bond donors (Lipinski definition) is 0. The van der Waals surface area contributed by atoms with E-state index in [0.29, 0.717) is 26.1 Å². The highest BCUT2D eigenvalue weighted by molar-refractivity contribution is 6.00. The number of amides is 1. The van der Waals surface area contributed by atoms with E-state index in [-0.39, 0.29) is 35.8 Å². The third kappa shape index (κ3) is 4.85. The molecule has 2 saturated heterocycles. The van der Waals surface area contributed by atoms with Crippen molar-refractivity contribution in [3.05, 3.63) is 65.7 Å². The van der Waals surface area contributed by atoms with E-state index in [1.54, 1.807) is 17.0 Å². The van der Waals surface area contributed by atoms with Crippen molar-refractivity contribution < 1.29 is 32.6 Å². The second-order valence-electron chi connectivity index (χ2n) is 7.70. The van der Waals surface area contributed by atoms with Crippen LogP contribution in [0.3, 0.4) is 0 Å². The molecule has 0 radical (unpaired) electrons. The first-order chi connectivity index (χ1) is 15.0. The number of benzene rings is 2. The van der Waals surface area contributed by atoms with Gasteiger partial charge in [-0.15, -0.1) is 0 Å². The lowest BCUT2D eigenvalue weighted by atomic mass is 9.80. The van der Waals surface area contributed by atoms with Gasteiger partial charge < -0.3 is 14.2 Å². The second kappa shape index (κ2) is 9.43. The van der Waals surface area contributed by atoms with Gasteiger partial charge in [-0.3, -0.25) is 9.69 Å². The molecule has 0 saturated carbocycles. The zero-order chi connectivity index (χ0) is 21.8. The zero-order valence-corrected chi connectivity index (χ0v) is 16.8. The molecule has 31 heavy (non-hydrogen) atoms. The van der Waals surface area contributed by atoms with Crippen molar-refractivity contribution in [2.45, 2.75) is 38.1 Å². The summed E-state index contributed by atoms with van der Waals surface area (Å²) in [5.41, 5.74) is 1.02. The lowest BCUT2D eigenvalue weighted by Gasteiger charge is -2.47. The van der Waals surface area contributed by atoms with Crippen LogP contribution < -0.4 is 4.74 Å². The minimum absolute atomic E-state index is 0.131. The highest BCUT2D eigenvalue weighted by Gasteiger charge is 2.44. The predicted octanol–water partition coefficient (Wildman–Crippen LogP) is 4.29. The highest BCUT2D eigenvalue weighted by atomic mass is 19.3. The van der Waals surface area contributed by atoms with Crippen LogP contribution in [0, 0.1) is 5.92 Å². The summed E-state index contributed by atoms with van der Waals surface area (Å²) in [5.74, 6) is -0.807. The van der Waals surface area contributed by atoms with Gasteiger partial charge in [0.1, 0.15) is 12.4 Å². The van der Waals surface area contributed by atoms with E-state index in [1.165, 1.54) is 12.1 Å². The first-order valence-electron chi connectivity index (χ1n) is 10.2. The fraction of sp³-hybridized carbons (Fsp3) is 0.391. The van der Waals surface area contributed by atoms with Crippen molar-refractivity contribution in [3.63, 3.8) is 0 Å². The first kappa shape index (κ1) is 21.2. The molecule has 1 amide bonds. The number of hydrogen-bond acceptors (Lipinski definition) is 5. The minimum atomic E-state index is -3.01. The SMILES string of the molecule is O=C(c1ccccc1OC(F)F)C1CC2COCC(C1)N2C(=O)OCc1ccccc1. The normalized spacial score (nSPS) is 22.8. The van der Waals surface area contributed by atoms with Crippen molar-refractivity contribution >= 4 is 11.9 Å². The molecule has 2 unspecified atom stereocenters. The molecule has 0 spiro atoms. The summed E-state index contributed by atoms with van der Waals surface area (Å²) < 4.78 is 41.1. The number of halogens is 2. The first-order valence-corrected chi connectivity index (χ1v) is 10.2. The molecule has 0 aliphatic carbocycles. The quantitative estimate of drug-likeness (QED) is 0.639. The monoisotopic (exact) mass is 431 g/mol. The number of piperidine rings is 1. The Kier molecular flexibility index (Phi) is 6.46. The molecule has 2 heterocycles. The van der Waals surface area contributed by atoms with Crippen LogP contribution in [0.15, 0.2) is 54.6 Å². The van der Waals surface area contributed by atoms with Gasteiger partial charge in [0.25, 0.3) is 0 Å². The summed E-state index contributed by atoms with van der Waals surface area (Å²) in [7, 11) is 0. The van der Waals surface area contributed by atoms with E-state index in [2.05, 4.69) is 4.74 Å². The average Bonchev–Trinajstić information content (AvgIpc) is 2.77. The van der Waals surface area contributed by atoms with E-state index in [4.69, 9.17) is 9.47 Å². The van der Waals surface area contributed by atoms with E-state index < -0.39 is 18.6 Å². The Morgan fingerprint density at radius 1 is 1.00 bits per heavy atom. The molecule has 2 aliphatic rings. The van der Waals surface area contributed by atoms with Crippen LogP contribution in [0.4, 0.5) is 13.6 Å². The van der Waals surface area contributed by atoms with Crippen LogP contribution in [0.5, 0.6) is 5.75 Å². The molecule has 2 aromatic rings. The number of ether oxygens (including phenoxy) is 3. The fourth-order valence-electron chi connectivity index (χ4n) is 4.31. The maximum atomic E-state index is 13.1. The second-order valence-corrected chi connectivity index (χ2v) is 7.70. The van der Waals surface area contributed by atoms with Crippen LogP contribution in [-0.2, 0) is 16.1 Å². The third-order valence-corrected chi connectivity index (χ3v) is 5.68. The number of fused-ring (bicyclic) bond motifs is 2. The zero-order valence-electron chi connectivity index (χ0n) is 16.8. The third-order valence-electron chi connectivity index (χ3n) is 5.68.